The highest BCUT2D eigenvalue weighted by molar-refractivity contribution is 8.00. The maximum absolute atomic E-state index is 2.75. The van der Waals surface area contributed by atoms with Gasteiger partial charge >= 0.3 is 0 Å². The molecule has 0 amide bonds. The van der Waals surface area contributed by atoms with Crippen LogP contribution >= 0.6 is 11.8 Å². The van der Waals surface area contributed by atoms with E-state index in [1.165, 1.54) is 165 Å². The number of anilines is 9. The van der Waals surface area contributed by atoms with Crippen molar-refractivity contribution >= 4 is 155 Å². The summed E-state index contributed by atoms with van der Waals surface area (Å²) >= 11 is 1.95. The van der Waals surface area contributed by atoms with Crippen LogP contribution in [0.5, 0.6) is 0 Å². The Bertz CT molecular complexity index is 4460. The van der Waals surface area contributed by atoms with Gasteiger partial charge in [-0.1, -0.05) is 221 Å². The van der Waals surface area contributed by atoms with Crippen LogP contribution in [0.3, 0.4) is 0 Å². The molecule has 0 saturated carbocycles. The fraction of sp³-hybridized carbons (Fsp3) is 0.0435. The Hall–Kier alpha value is -8.57. The number of hydrogen-bond donors (Lipinski definition) is 0. The van der Waals surface area contributed by atoms with Crippen molar-refractivity contribution in [2.45, 2.75) is 30.6 Å². The zero-order valence-electron chi connectivity index (χ0n) is 42.8. The van der Waals surface area contributed by atoms with E-state index < -0.39 is 0 Å². The Balaban J connectivity index is 1.02. The van der Waals surface area contributed by atoms with Gasteiger partial charge in [-0.2, -0.15) is 0 Å². The molecule has 18 rings (SSSR count). The molecule has 0 spiro atoms. The molecule has 77 heavy (non-hydrogen) atoms. The highest BCUT2D eigenvalue weighted by Gasteiger charge is 2.57. The van der Waals surface area contributed by atoms with Gasteiger partial charge < -0.3 is 14.7 Å². The maximum Gasteiger partial charge on any atom is 0.252 e. The van der Waals surface area contributed by atoms with E-state index in [2.05, 4.69) is 254 Å². The van der Waals surface area contributed by atoms with Crippen LogP contribution in [0, 0.1) is 20.8 Å². The first-order chi connectivity index (χ1) is 38.0. The second-order valence-corrected chi connectivity index (χ2v) is 23.5. The summed E-state index contributed by atoms with van der Waals surface area (Å²) in [5, 5.41) is 0. The number of para-hydroxylation sites is 3. The molecule has 11 aromatic rings. The van der Waals surface area contributed by atoms with Crippen LogP contribution in [0.4, 0.5) is 51.2 Å². The first-order valence-electron chi connectivity index (χ1n) is 27.3. The second kappa shape index (κ2) is 15.3. The highest BCUT2D eigenvalue weighted by atomic mass is 32.2. The predicted molar refractivity (Wildman–Crippen MR) is 331 cm³/mol. The normalized spacial score (nSPS) is 14.5. The Morgan fingerprint density at radius 3 is 1.18 bits per heavy atom. The molecule has 7 aliphatic heterocycles. The molecule has 3 nitrogen and oxygen atoms in total. The van der Waals surface area contributed by atoms with Gasteiger partial charge in [-0.15, -0.1) is 0 Å². The van der Waals surface area contributed by atoms with Gasteiger partial charge in [0.2, 0.25) is 6.71 Å². The summed E-state index contributed by atoms with van der Waals surface area (Å²) in [6, 6.07) is 84.2. The molecule has 0 radical (unpaired) electrons. The third-order valence-corrected chi connectivity index (χ3v) is 19.6. The second-order valence-electron chi connectivity index (χ2n) is 22.4. The van der Waals surface area contributed by atoms with Crippen LogP contribution in [0.1, 0.15) is 16.7 Å². The van der Waals surface area contributed by atoms with Crippen molar-refractivity contribution in [2.24, 2.45) is 0 Å². The van der Waals surface area contributed by atoms with Crippen molar-refractivity contribution in [1.29, 1.82) is 0 Å². The summed E-state index contributed by atoms with van der Waals surface area (Å²) in [5.41, 5.74) is 37.2. The molecule has 11 aromatic carbocycles. The molecule has 0 fully saturated rings. The van der Waals surface area contributed by atoms with E-state index in [1.807, 2.05) is 11.8 Å². The van der Waals surface area contributed by atoms with Crippen LogP contribution in [0.2, 0.25) is 0 Å². The Morgan fingerprint density at radius 1 is 0.273 bits per heavy atom. The van der Waals surface area contributed by atoms with E-state index in [4.69, 9.17) is 0 Å². The zero-order chi connectivity index (χ0) is 50.5. The summed E-state index contributed by atoms with van der Waals surface area (Å²) in [6.45, 7) is 6.95. The van der Waals surface area contributed by atoms with Gasteiger partial charge in [-0.25, -0.2) is 0 Å². The molecular formula is C69H45B4N3S. The lowest BCUT2D eigenvalue weighted by Gasteiger charge is -2.56. The van der Waals surface area contributed by atoms with Crippen molar-refractivity contribution < 1.29 is 0 Å². The SMILES string of the molecule is Cc1cc(C)c(B2c3ccccc3Sc3cc4c(cc32)B2c3ccc(-c5ccccc5)cc3N3c5cc(-c6ccccc6)ccc5B5c6ccccc6N6c7ccccc7B7c8ccccc8N4c4c7c6c5c3c42)c(C)c1. The zero-order valence-corrected chi connectivity index (χ0v) is 43.7. The summed E-state index contributed by atoms with van der Waals surface area (Å²) in [6.07, 6.45) is 0. The minimum Gasteiger partial charge on any atom is -0.312 e. The summed E-state index contributed by atoms with van der Waals surface area (Å²) < 4.78 is 0. The molecule has 7 aliphatic rings. The molecule has 0 N–H and O–H groups in total. The average Bonchev–Trinajstić information content (AvgIpc) is 3.16. The largest absolute Gasteiger partial charge is 0.312 e. The number of aryl methyl sites for hydroxylation is 3. The molecule has 8 heteroatoms. The lowest BCUT2D eigenvalue weighted by molar-refractivity contribution is 1.23. The molecule has 0 aliphatic carbocycles. The van der Waals surface area contributed by atoms with E-state index in [9.17, 15) is 0 Å². The third-order valence-electron chi connectivity index (χ3n) is 18.4. The van der Waals surface area contributed by atoms with E-state index in [-0.39, 0.29) is 26.9 Å². The molecular weight excluding hydrogens is 946 g/mol. The average molecular weight is 991 g/mol. The Kier molecular flexibility index (Phi) is 8.47. The van der Waals surface area contributed by atoms with E-state index >= 15 is 0 Å². The highest BCUT2D eigenvalue weighted by Crippen LogP contribution is 2.52. The van der Waals surface area contributed by atoms with Crippen LogP contribution in [-0.2, 0) is 0 Å². The predicted octanol–water partition coefficient (Wildman–Crippen LogP) is 8.77. The standard InChI is InChI=1S/C69H45B4N3S/c1-40-34-41(2)63(42(3)35-40)73-52-25-13-17-29-61(52)77-62-39-60-53(38-54(62)73)72-51-33-31-46(44-20-8-5-9-21-44)37-59(51)76-58-36-45(43-18-6-4-7-19-43)30-32-50(58)71-48-23-11-15-27-56(48)74-55-26-14-10-22-47(55)70-49-24-12-16-28-57(49)75(60)68-64(70)67(74)65(71)69(76)66(68)72/h4-39H,1-3H3. The number of fused-ring (bicyclic) bond motifs is 20. The van der Waals surface area contributed by atoms with Crippen LogP contribution < -0.4 is 80.3 Å². The quantitative estimate of drug-likeness (QED) is 0.164. The lowest BCUT2D eigenvalue weighted by Crippen LogP contribution is -2.75. The van der Waals surface area contributed by atoms with Gasteiger partial charge in [0.15, 0.2) is 0 Å². The van der Waals surface area contributed by atoms with Gasteiger partial charge in [0.05, 0.1) is 0 Å². The molecule has 0 saturated heterocycles. The summed E-state index contributed by atoms with van der Waals surface area (Å²) in [4.78, 5) is 10.9. The van der Waals surface area contributed by atoms with Crippen molar-refractivity contribution in [3.05, 3.63) is 235 Å². The van der Waals surface area contributed by atoms with Gasteiger partial charge in [-0.05, 0) is 135 Å². The molecule has 0 bridgehead atoms. The van der Waals surface area contributed by atoms with Gasteiger partial charge in [-0.3, -0.25) is 0 Å². The van der Waals surface area contributed by atoms with Crippen LogP contribution in [0.15, 0.2) is 228 Å². The smallest absolute Gasteiger partial charge is 0.252 e. The van der Waals surface area contributed by atoms with E-state index in [0.717, 1.165) is 0 Å². The molecule has 7 heterocycles. The topological polar surface area (TPSA) is 9.72 Å². The molecule has 0 unspecified atom stereocenters. The fourth-order valence-corrected chi connectivity index (χ4v) is 16.8. The molecule has 354 valence electrons. The van der Waals surface area contributed by atoms with Gasteiger partial charge in [0.25, 0.3) is 20.1 Å². The molecule has 0 atom stereocenters. The van der Waals surface area contributed by atoms with Crippen molar-refractivity contribution in [3.63, 3.8) is 0 Å². The fourth-order valence-electron chi connectivity index (χ4n) is 15.6. The van der Waals surface area contributed by atoms with Gasteiger partial charge in [0, 0.05) is 61.0 Å². The van der Waals surface area contributed by atoms with Crippen molar-refractivity contribution in [1.82, 2.24) is 0 Å². The third kappa shape index (κ3) is 5.48. The number of benzene rings is 11. The minimum absolute atomic E-state index is 0.00388. The first-order valence-corrected chi connectivity index (χ1v) is 28.1. The molecule has 0 aromatic heterocycles. The number of nitrogens with zero attached hydrogens (tertiary/aromatic N) is 3. The van der Waals surface area contributed by atoms with Gasteiger partial charge in [0.1, 0.15) is 0 Å². The van der Waals surface area contributed by atoms with Crippen LogP contribution in [-0.4, -0.2) is 26.9 Å². The van der Waals surface area contributed by atoms with E-state index in [0.29, 0.717) is 0 Å². The van der Waals surface area contributed by atoms with Crippen LogP contribution in [0.25, 0.3) is 22.3 Å². The first kappa shape index (κ1) is 42.6. The summed E-state index contributed by atoms with van der Waals surface area (Å²) in [5.74, 6) is 0. The number of hydrogen-bond acceptors (Lipinski definition) is 4. The van der Waals surface area contributed by atoms with Crippen molar-refractivity contribution in [3.8, 4) is 22.3 Å². The van der Waals surface area contributed by atoms with E-state index in [1.54, 1.807) is 0 Å². The Labute approximate surface area is 455 Å². The maximum atomic E-state index is 2.75. The van der Waals surface area contributed by atoms with Crippen molar-refractivity contribution in [2.75, 3.05) is 14.7 Å². The number of rotatable bonds is 3. The Morgan fingerprint density at radius 2 is 0.662 bits per heavy atom. The monoisotopic (exact) mass is 991 g/mol. The summed E-state index contributed by atoms with van der Waals surface area (Å²) in [7, 11) is 0. The minimum atomic E-state index is -0.0644. The lowest BCUT2D eigenvalue weighted by atomic mass is 9.24.